The van der Waals surface area contributed by atoms with Crippen LogP contribution in [0.4, 0.5) is 0 Å². The maximum absolute atomic E-state index is 10.6. The third kappa shape index (κ3) is 18.7. The van der Waals surface area contributed by atoms with Crippen molar-refractivity contribution >= 4 is 0 Å². The van der Waals surface area contributed by atoms with Gasteiger partial charge in [0.15, 0.2) is 0 Å². The second-order valence-corrected chi connectivity index (χ2v) is 33.2. The summed E-state index contributed by atoms with van der Waals surface area (Å²) in [5, 5.41) is 58.5. The van der Waals surface area contributed by atoms with Crippen molar-refractivity contribution in [3.8, 4) is 23.0 Å². The van der Waals surface area contributed by atoms with Gasteiger partial charge >= 0.3 is 0 Å². The Balaban J connectivity index is 0.665. The second kappa shape index (κ2) is 36.3. The number of hydrogen-bond acceptors (Lipinski definition) is 16. The number of hydrogen-bond donors (Lipinski definition) is 8. The predicted molar refractivity (Wildman–Crippen MR) is 399 cm³/mol. The van der Waals surface area contributed by atoms with Crippen molar-refractivity contribution in [1.29, 1.82) is 0 Å². The Hall–Kier alpha value is -4.40. The molecule has 4 aromatic rings. The van der Waals surface area contributed by atoms with E-state index in [1.54, 1.807) is 0 Å². The molecule has 0 amide bonds. The van der Waals surface area contributed by atoms with Gasteiger partial charge in [-0.15, -0.1) is 0 Å². The van der Waals surface area contributed by atoms with Gasteiger partial charge in [0.25, 0.3) is 0 Å². The lowest BCUT2D eigenvalue weighted by Crippen LogP contribution is -2.56. The molecule has 12 rings (SSSR count). The van der Waals surface area contributed by atoms with Crippen molar-refractivity contribution < 1.29 is 58.3 Å². The lowest BCUT2D eigenvalue weighted by Gasteiger charge is -2.49. The summed E-state index contributed by atoms with van der Waals surface area (Å²) in [5.41, 5.74) is 9.84. The van der Waals surface area contributed by atoms with E-state index >= 15 is 0 Å². The normalized spacial score (nSPS) is 29.4. The standard InChI is InChI=1S/C85H128N4O12/c1-81-29-13-5-9-17-65(49-61-21-25-69(90)53-73(61)81)77(81)86-33-37-94-41-45-98-57-85(58-99-46-42-95-38-34-87-78-66-18-10-6-14-30-82(78,2)74-54-70(91)26-22-62(74)50-66,59-100-47-43-96-39-35-88-79-67-19-11-7-15-31-83(79,3)75-55-71(92)27-23-63(75)51-67)60-101-48-44-97-40-36-89-80-68-20-12-8-16-32-84(80,4)76-56-72(93)28-24-64(76)52-68/h21-28,53-56,65-68,77-80,86-93H,5-20,29-52,57-60H2,1-4H3/t65-,66-,67-,68-,77-,78-,79-,80-,81+,82+,83+,84+/m0/s1. The van der Waals surface area contributed by atoms with E-state index in [1.165, 1.54) is 147 Å². The SMILES string of the molecule is C[C@@]12CCCCC[C@@H](Cc3ccc(O)cc31)[C@@H]2NCCOCCOCC(COCCOCCN[C@H]1[C@H]2CCCCC[C@]1(C)c1cc(O)ccc1C2)(COCCOCCN[C@H]1[C@H]2CCCCC[C@]1(C)c1cc(O)ccc1C2)COCCOCCN[C@H]1[C@H]2CCCCC[C@]1(C)c1cc(O)ccc1C2. The molecule has 0 aliphatic heterocycles. The highest BCUT2D eigenvalue weighted by molar-refractivity contribution is 5.48. The molecule has 0 spiro atoms. The molecule has 4 aromatic carbocycles. The third-order valence-corrected chi connectivity index (χ3v) is 26.0. The first-order chi connectivity index (χ1) is 49.2. The minimum absolute atomic E-state index is 0.0580. The molecular weight excluding hydrogens is 1270 g/mol. The summed E-state index contributed by atoms with van der Waals surface area (Å²) >= 11 is 0. The Bertz CT molecular complexity index is 2810. The highest BCUT2D eigenvalue weighted by atomic mass is 16.6. The molecule has 0 unspecified atom stereocenters. The van der Waals surface area contributed by atoms with Crippen molar-refractivity contribution in [1.82, 2.24) is 21.3 Å². The molecule has 101 heavy (non-hydrogen) atoms. The number of benzene rings is 4. The van der Waals surface area contributed by atoms with Gasteiger partial charge in [-0.3, -0.25) is 0 Å². The van der Waals surface area contributed by atoms with E-state index in [0.717, 1.165) is 77.5 Å². The van der Waals surface area contributed by atoms with Crippen LogP contribution in [0.5, 0.6) is 23.0 Å². The Morgan fingerprint density at radius 3 is 0.772 bits per heavy atom. The second-order valence-electron chi connectivity index (χ2n) is 33.2. The summed E-state index contributed by atoms with van der Waals surface area (Å²) in [6.45, 7) is 19.5. The molecule has 0 radical (unpaired) electrons. The summed E-state index contributed by atoms with van der Waals surface area (Å²) in [6.07, 6.45) is 28.2. The van der Waals surface area contributed by atoms with E-state index in [-0.39, 0.29) is 21.7 Å². The third-order valence-electron chi connectivity index (χ3n) is 26.0. The molecule has 560 valence electrons. The molecule has 0 saturated heterocycles. The zero-order valence-electron chi connectivity index (χ0n) is 62.2. The van der Waals surface area contributed by atoms with Crippen LogP contribution in [0, 0.1) is 29.1 Å². The fourth-order valence-electron chi connectivity index (χ4n) is 21.0. The molecule has 8 aliphatic rings. The number of nitrogens with one attached hydrogen (secondary N) is 4. The minimum Gasteiger partial charge on any atom is -0.508 e. The fourth-order valence-corrected chi connectivity index (χ4v) is 21.0. The van der Waals surface area contributed by atoms with Crippen molar-refractivity contribution in [3.63, 3.8) is 0 Å². The Kier molecular flexibility index (Phi) is 27.4. The molecule has 0 heterocycles. The predicted octanol–water partition coefficient (Wildman–Crippen LogP) is 13.1. The van der Waals surface area contributed by atoms with Crippen LogP contribution in [-0.2, 0) is 85.2 Å². The van der Waals surface area contributed by atoms with Gasteiger partial charge in [0.05, 0.1) is 111 Å². The fraction of sp³-hybridized carbons (Fsp3) is 0.718. The number of phenols is 4. The molecule has 16 heteroatoms. The van der Waals surface area contributed by atoms with E-state index in [2.05, 4.69) is 73.2 Å². The van der Waals surface area contributed by atoms with E-state index in [4.69, 9.17) is 37.9 Å². The van der Waals surface area contributed by atoms with E-state index < -0.39 is 5.41 Å². The van der Waals surface area contributed by atoms with Crippen LogP contribution in [0.25, 0.3) is 0 Å². The Labute approximate surface area is 605 Å². The first kappa shape index (κ1) is 76.3. The van der Waals surface area contributed by atoms with Crippen molar-refractivity contribution in [2.24, 2.45) is 29.1 Å². The maximum Gasteiger partial charge on any atom is 0.115 e. The van der Waals surface area contributed by atoms with Gasteiger partial charge in [0.1, 0.15) is 23.0 Å². The van der Waals surface area contributed by atoms with Crippen LogP contribution >= 0.6 is 0 Å². The smallest absolute Gasteiger partial charge is 0.115 e. The van der Waals surface area contributed by atoms with Gasteiger partial charge in [-0.05, 0) is 194 Å². The highest BCUT2D eigenvalue weighted by Crippen LogP contribution is 2.52. The van der Waals surface area contributed by atoms with Crippen LogP contribution in [0.2, 0.25) is 0 Å². The van der Waals surface area contributed by atoms with Crippen LogP contribution in [-0.4, -0.2) is 176 Å². The molecule has 8 N–H and O–H groups in total. The summed E-state index contributed by atoms with van der Waals surface area (Å²) < 4.78 is 52.0. The average molecular weight is 1400 g/mol. The van der Waals surface area contributed by atoms with Crippen molar-refractivity contribution in [2.75, 3.05) is 132 Å². The van der Waals surface area contributed by atoms with E-state index in [0.29, 0.717) is 177 Å². The largest absolute Gasteiger partial charge is 0.508 e. The number of aromatic hydroxyl groups is 4. The van der Waals surface area contributed by atoms with Gasteiger partial charge in [-0.1, -0.05) is 129 Å². The Morgan fingerprint density at radius 1 is 0.307 bits per heavy atom. The van der Waals surface area contributed by atoms with Gasteiger partial charge in [0, 0.05) is 72.0 Å². The molecule has 4 fully saturated rings. The minimum atomic E-state index is -0.676. The molecule has 4 saturated carbocycles. The molecular formula is C85H128N4O12. The molecule has 12 atom stereocenters. The lowest BCUT2D eigenvalue weighted by atomic mass is 9.59. The van der Waals surface area contributed by atoms with Gasteiger partial charge < -0.3 is 79.6 Å². The average Bonchev–Trinajstić information content (AvgIpc) is 0.769. The molecule has 16 nitrogen and oxygen atoms in total. The summed E-state index contributed by atoms with van der Waals surface area (Å²) in [7, 11) is 0. The molecule has 8 aliphatic carbocycles. The quantitative estimate of drug-likeness (QED) is 0.0200. The van der Waals surface area contributed by atoms with Crippen LogP contribution in [0.3, 0.4) is 0 Å². The number of phenolic OH excluding ortho intramolecular Hbond substituents is 4. The van der Waals surface area contributed by atoms with Crippen LogP contribution in [0.1, 0.15) is 201 Å². The summed E-state index contributed by atoms with van der Waals surface area (Å²) in [6, 6.07) is 25.4. The van der Waals surface area contributed by atoms with E-state index in [9.17, 15) is 20.4 Å². The summed E-state index contributed by atoms with van der Waals surface area (Å²) in [4.78, 5) is 0. The van der Waals surface area contributed by atoms with Gasteiger partial charge in [-0.25, -0.2) is 0 Å². The number of rotatable bonds is 36. The lowest BCUT2D eigenvalue weighted by molar-refractivity contribution is -0.121. The Morgan fingerprint density at radius 2 is 0.535 bits per heavy atom. The van der Waals surface area contributed by atoms with Crippen molar-refractivity contribution in [2.45, 2.75) is 228 Å². The monoisotopic (exact) mass is 1400 g/mol. The number of ether oxygens (including phenoxy) is 8. The van der Waals surface area contributed by atoms with Crippen molar-refractivity contribution in [3.05, 3.63) is 117 Å². The van der Waals surface area contributed by atoms with Gasteiger partial charge in [-0.2, -0.15) is 0 Å². The highest BCUT2D eigenvalue weighted by Gasteiger charge is 2.50. The molecule has 0 aromatic heterocycles. The first-order valence-corrected chi connectivity index (χ1v) is 40.0. The van der Waals surface area contributed by atoms with Crippen LogP contribution in [0.15, 0.2) is 72.8 Å². The van der Waals surface area contributed by atoms with Crippen LogP contribution < -0.4 is 21.3 Å². The maximum atomic E-state index is 10.6. The topological polar surface area (TPSA) is 203 Å². The summed E-state index contributed by atoms with van der Waals surface area (Å²) in [5.74, 6) is 3.56. The molecule has 8 bridgehead atoms. The van der Waals surface area contributed by atoms with E-state index in [1.807, 2.05) is 48.5 Å². The zero-order valence-corrected chi connectivity index (χ0v) is 62.2. The first-order valence-electron chi connectivity index (χ1n) is 40.0. The zero-order chi connectivity index (χ0) is 70.1. The number of fused-ring (bicyclic) bond motifs is 16. The van der Waals surface area contributed by atoms with Gasteiger partial charge in [0.2, 0.25) is 0 Å².